The zero-order valence-electron chi connectivity index (χ0n) is 12.7. The number of benzene rings is 1. The van der Waals surface area contributed by atoms with Crippen LogP contribution >= 0.6 is 0 Å². The summed E-state index contributed by atoms with van der Waals surface area (Å²) in [6, 6.07) is 9.67. The van der Waals surface area contributed by atoms with Crippen molar-refractivity contribution in [1.29, 1.82) is 0 Å². The van der Waals surface area contributed by atoms with Gasteiger partial charge in [0.2, 0.25) is 0 Å². The van der Waals surface area contributed by atoms with E-state index in [1.807, 2.05) is 44.2 Å². The Morgan fingerprint density at radius 1 is 1.29 bits per heavy atom. The lowest BCUT2D eigenvalue weighted by Crippen LogP contribution is -2.50. The highest BCUT2D eigenvalue weighted by atomic mass is 16.6. The smallest absolute Gasteiger partial charge is 0.338 e. The summed E-state index contributed by atoms with van der Waals surface area (Å²) in [6.07, 6.45) is 0.167. The summed E-state index contributed by atoms with van der Waals surface area (Å²) in [4.78, 5) is 12.4. The average molecular weight is 290 g/mol. The molecule has 21 heavy (non-hydrogen) atoms. The standard InChI is InChI=1S/C17H22O4/c1-4-17-11(2)14(12(3)21-17)20-15(17)16(18)19-10-13-8-6-5-7-9-13/h5-9,11-12,14-15H,4,10H2,1-3H3/t11-,12-,14+,15?,17+/m0/s1. The van der Waals surface area contributed by atoms with E-state index in [2.05, 4.69) is 6.92 Å². The third kappa shape index (κ3) is 2.27. The maximum absolute atomic E-state index is 12.4. The average Bonchev–Trinajstić information content (AvgIpc) is 2.93. The summed E-state index contributed by atoms with van der Waals surface area (Å²) in [5, 5.41) is 0. The van der Waals surface area contributed by atoms with E-state index < -0.39 is 11.7 Å². The molecule has 0 spiro atoms. The zero-order chi connectivity index (χ0) is 15.0. The van der Waals surface area contributed by atoms with Crippen LogP contribution in [0.2, 0.25) is 0 Å². The number of carbonyl (C=O) groups excluding carboxylic acids is 1. The molecule has 2 bridgehead atoms. The Kier molecular flexibility index (Phi) is 3.76. The van der Waals surface area contributed by atoms with E-state index in [0.717, 1.165) is 12.0 Å². The number of fused-ring (bicyclic) bond motifs is 2. The van der Waals surface area contributed by atoms with Gasteiger partial charge in [0, 0.05) is 5.92 Å². The van der Waals surface area contributed by atoms with Gasteiger partial charge in [-0.2, -0.15) is 0 Å². The molecule has 0 N–H and O–H groups in total. The fourth-order valence-electron chi connectivity index (χ4n) is 3.66. The molecule has 1 aromatic carbocycles. The van der Waals surface area contributed by atoms with Crippen molar-refractivity contribution in [3.63, 3.8) is 0 Å². The number of esters is 1. The van der Waals surface area contributed by atoms with Gasteiger partial charge in [-0.15, -0.1) is 0 Å². The SMILES string of the molecule is CC[C@]12O[C@@H](C)[C@H](OC1C(=O)OCc1ccccc1)[C@@H]2C. The van der Waals surface area contributed by atoms with Gasteiger partial charge in [0.15, 0.2) is 6.10 Å². The molecular formula is C17H22O4. The number of ether oxygens (including phenoxy) is 3. The third-order valence-electron chi connectivity index (χ3n) is 4.86. The molecule has 0 amide bonds. The number of rotatable bonds is 4. The second-order valence-electron chi connectivity index (χ2n) is 5.99. The van der Waals surface area contributed by atoms with Crippen LogP contribution in [0, 0.1) is 5.92 Å². The van der Waals surface area contributed by atoms with E-state index in [0.29, 0.717) is 0 Å². The Morgan fingerprint density at radius 3 is 2.62 bits per heavy atom. The lowest BCUT2D eigenvalue weighted by molar-refractivity contribution is -0.204. The molecule has 4 nitrogen and oxygen atoms in total. The first kappa shape index (κ1) is 14.5. The van der Waals surface area contributed by atoms with E-state index in [1.54, 1.807) is 0 Å². The van der Waals surface area contributed by atoms with Crippen molar-refractivity contribution in [3.8, 4) is 0 Å². The van der Waals surface area contributed by atoms with E-state index in [-0.39, 0.29) is 30.7 Å². The third-order valence-corrected chi connectivity index (χ3v) is 4.86. The first-order chi connectivity index (χ1) is 10.1. The van der Waals surface area contributed by atoms with Crippen LogP contribution in [0.1, 0.15) is 32.8 Å². The van der Waals surface area contributed by atoms with E-state index in [4.69, 9.17) is 14.2 Å². The number of hydrogen-bond acceptors (Lipinski definition) is 4. The van der Waals surface area contributed by atoms with E-state index in [1.165, 1.54) is 0 Å². The van der Waals surface area contributed by atoms with E-state index in [9.17, 15) is 4.79 Å². The minimum absolute atomic E-state index is 0.0146. The molecule has 2 heterocycles. The Balaban J connectivity index is 1.68. The highest BCUT2D eigenvalue weighted by molar-refractivity contribution is 5.77. The van der Waals surface area contributed by atoms with Crippen LogP contribution in [0.3, 0.4) is 0 Å². The molecule has 0 saturated carbocycles. The Bertz CT molecular complexity index is 515. The molecule has 2 aliphatic rings. The molecule has 114 valence electrons. The summed E-state index contributed by atoms with van der Waals surface area (Å²) in [5.41, 5.74) is 0.444. The Hall–Kier alpha value is -1.39. The fraction of sp³-hybridized carbons (Fsp3) is 0.588. The van der Waals surface area contributed by atoms with Gasteiger partial charge in [-0.05, 0) is 18.9 Å². The van der Waals surface area contributed by atoms with Gasteiger partial charge in [-0.25, -0.2) is 4.79 Å². The van der Waals surface area contributed by atoms with Crippen molar-refractivity contribution in [2.45, 2.75) is 57.7 Å². The highest BCUT2D eigenvalue weighted by Crippen LogP contribution is 2.50. The van der Waals surface area contributed by atoms with Gasteiger partial charge < -0.3 is 14.2 Å². The molecule has 0 aromatic heterocycles. The maximum Gasteiger partial charge on any atom is 0.338 e. The van der Waals surface area contributed by atoms with Gasteiger partial charge in [0.1, 0.15) is 12.2 Å². The minimum Gasteiger partial charge on any atom is -0.459 e. The monoisotopic (exact) mass is 290 g/mol. The second-order valence-corrected chi connectivity index (χ2v) is 5.99. The molecule has 1 unspecified atom stereocenters. The Labute approximate surface area is 125 Å². The fourth-order valence-corrected chi connectivity index (χ4v) is 3.66. The molecule has 4 heteroatoms. The Morgan fingerprint density at radius 2 is 2.00 bits per heavy atom. The van der Waals surface area contributed by atoms with Crippen molar-refractivity contribution in [3.05, 3.63) is 35.9 Å². The zero-order valence-corrected chi connectivity index (χ0v) is 12.7. The van der Waals surface area contributed by atoms with Gasteiger partial charge >= 0.3 is 5.97 Å². The second kappa shape index (κ2) is 5.43. The minimum atomic E-state index is -0.609. The molecule has 2 aliphatic heterocycles. The maximum atomic E-state index is 12.4. The van der Waals surface area contributed by atoms with Gasteiger partial charge in [-0.1, -0.05) is 44.2 Å². The van der Waals surface area contributed by atoms with Crippen LogP contribution in [-0.4, -0.2) is 29.9 Å². The molecule has 2 saturated heterocycles. The first-order valence-corrected chi connectivity index (χ1v) is 7.62. The summed E-state index contributed by atoms with van der Waals surface area (Å²) in [5.74, 6) is -0.103. The van der Waals surface area contributed by atoms with Crippen LogP contribution in [-0.2, 0) is 25.6 Å². The van der Waals surface area contributed by atoms with Gasteiger partial charge in [-0.3, -0.25) is 0 Å². The molecule has 3 rings (SSSR count). The highest BCUT2D eigenvalue weighted by Gasteiger charge is 2.65. The van der Waals surface area contributed by atoms with Crippen molar-refractivity contribution >= 4 is 5.97 Å². The molecule has 0 aliphatic carbocycles. The molecule has 1 aromatic rings. The van der Waals surface area contributed by atoms with Crippen molar-refractivity contribution in [2.75, 3.05) is 0 Å². The van der Waals surface area contributed by atoms with Crippen LogP contribution in [0.15, 0.2) is 30.3 Å². The van der Waals surface area contributed by atoms with E-state index >= 15 is 0 Å². The molecule has 5 atom stereocenters. The number of hydrogen-bond donors (Lipinski definition) is 0. The largest absolute Gasteiger partial charge is 0.459 e. The quantitative estimate of drug-likeness (QED) is 0.800. The van der Waals surface area contributed by atoms with Gasteiger partial charge in [0.25, 0.3) is 0 Å². The predicted octanol–water partition coefficient (Wildman–Crippen LogP) is 2.70. The molecule has 2 fully saturated rings. The lowest BCUT2D eigenvalue weighted by atomic mass is 9.83. The molecular weight excluding hydrogens is 268 g/mol. The summed E-state index contributed by atoms with van der Waals surface area (Å²) in [7, 11) is 0. The van der Waals surface area contributed by atoms with Crippen LogP contribution in [0.4, 0.5) is 0 Å². The van der Waals surface area contributed by atoms with Crippen LogP contribution in [0.25, 0.3) is 0 Å². The van der Waals surface area contributed by atoms with Crippen molar-refractivity contribution in [2.24, 2.45) is 5.92 Å². The van der Waals surface area contributed by atoms with Crippen molar-refractivity contribution < 1.29 is 19.0 Å². The van der Waals surface area contributed by atoms with Crippen LogP contribution < -0.4 is 0 Å². The number of carbonyl (C=O) groups is 1. The lowest BCUT2D eigenvalue weighted by Gasteiger charge is -2.35. The normalized spacial score (nSPS) is 37.7. The van der Waals surface area contributed by atoms with Crippen LogP contribution in [0.5, 0.6) is 0 Å². The summed E-state index contributed by atoms with van der Waals surface area (Å²) in [6.45, 7) is 6.41. The predicted molar refractivity (Wildman–Crippen MR) is 77.6 cm³/mol. The summed E-state index contributed by atoms with van der Waals surface area (Å²) < 4.78 is 17.4. The topological polar surface area (TPSA) is 44.8 Å². The van der Waals surface area contributed by atoms with Gasteiger partial charge in [0.05, 0.1) is 12.2 Å². The first-order valence-electron chi connectivity index (χ1n) is 7.62. The molecule has 0 radical (unpaired) electrons. The summed E-state index contributed by atoms with van der Waals surface area (Å²) >= 11 is 0. The van der Waals surface area contributed by atoms with Crippen molar-refractivity contribution in [1.82, 2.24) is 0 Å².